The Balaban J connectivity index is 1.99. The van der Waals surface area contributed by atoms with Crippen LogP contribution in [0.3, 0.4) is 0 Å². The highest BCUT2D eigenvalue weighted by Crippen LogP contribution is 2.24. The zero-order valence-corrected chi connectivity index (χ0v) is 11.8. The van der Waals surface area contributed by atoms with Gasteiger partial charge in [0.05, 0.1) is 11.1 Å². The van der Waals surface area contributed by atoms with Crippen molar-refractivity contribution >= 4 is 11.6 Å². The molecule has 0 saturated heterocycles. The molecule has 0 atom stereocenters. The zero-order valence-electron chi connectivity index (χ0n) is 11.8. The zero-order chi connectivity index (χ0) is 14.7. The summed E-state index contributed by atoms with van der Waals surface area (Å²) in [4.78, 5) is 26.8. The molecule has 20 heavy (non-hydrogen) atoms. The predicted octanol–water partition coefficient (Wildman–Crippen LogP) is 1.53. The number of hydrogen-bond acceptors (Lipinski definition) is 4. The number of rotatable bonds is 4. The van der Waals surface area contributed by atoms with E-state index in [0.717, 1.165) is 25.7 Å². The molecule has 0 aliphatic heterocycles. The molecule has 2 rings (SSSR count). The van der Waals surface area contributed by atoms with E-state index in [2.05, 4.69) is 10.3 Å². The second-order valence-electron chi connectivity index (χ2n) is 5.24. The van der Waals surface area contributed by atoms with Crippen LogP contribution in [-0.2, 0) is 0 Å². The second kappa shape index (κ2) is 6.04. The summed E-state index contributed by atoms with van der Waals surface area (Å²) >= 11 is 0. The van der Waals surface area contributed by atoms with Gasteiger partial charge in [0.15, 0.2) is 0 Å². The summed E-state index contributed by atoms with van der Waals surface area (Å²) in [6.07, 6.45) is 5.25. The molecule has 1 aromatic rings. The molecule has 1 aromatic heterocycles. The van der Waals surface area contributed by atoms with Crippen molar-refractivity contribution in [3.63, 3.8) is 0 Å². The summed E-state index contributed by atoms with van der Waals surface area (Å²) in [6, 6.07) is 2.02. The third-order valence-corrected chi connectivity index (χ3v) is 4.08. The van der Waals surface area contributed by atoms with Crippen molar-refractivity contribution in [2.24, 2.45) is 0 Å². The molecule has 7 nitrogen and oxygen atoms in total. The highest BCUT2D eigenvalue weighted by Gasteiger charge is 2.27. The highest BCUT2D eigenvalue weighted by molar-refractivity contribution is 5.93. The van der Waals surface area contributed by atoms with Gasteiger partial charge in [-0.15, -0.1) is 0 Å². The van der Waals surface area contributed by atoms with Crippen LogP contribution in [0.1, 0.15) is 36.2 Å². The highest BCUT2D eigenvalue weighted by atomic mass is 16.6. The molecule has 0 bridgehead atoms. The van der Waals surface area contributed by atoms with Gasteiger partial charge in [-0.3, -0.25) is 14.9 Å². The molecule has 7 heteroatoms. The molecule has 1 amide bonds. The van der Waals surface area contributed by atoms with Gasteiger partial charge in [0.25, 0.3) is 11.6 Å². The summed E-state index contributed by atoms with van der Waals surface area (Å²) in [7, 11) is 3.72. The van der Waals surface area contributed by atoms with Crippen LogP contribution in [0.15, 0.2) is 12.3 Å². The summed E-state index contributed by atoms with van der Waals surface area (Å²) in [5.74, 6) is -0.189. The molecule has 0 unspecified atom stereocenters. The number of carbonyl (C=O) groups excluding carboxylic acids is 1. The predicted molar refractivity (Wildman–Crippen MR) is 74.6 cm³/mol. The number of aromatic nitrogens is 1. The van der Waals surface area contributed by atoms with E-state index in [1.807, 2.05) is 7.05 Å². The maximum atomic E-state index is 12.3. The first-order chi connectivity index (χ1) is 9.52. The maximum Gasteiger partial charge on any atom is 0.287 e. The van der Waals surface area contributed by atoms with Gasteiger partial charge < -0.3 is 15.2 Å². The number of nitrogens with one attached hydrogen (secondary N) is 2. The van der Waals surface area contributed by atoms with E-state index in [0.29, 0.717) is 6.04 Å². The number of amides is 1. The fourth-order valence-corrected chi connectivity index (χ4v) is 2.72. The first kappa shape index (κ1) is 14.5. The molecular formula is C13H20N4O3. The van der Waals surface area contributed by atoms with Crippen LogP contribution in [0.4, 0.5) is 5.69 Å². The number of nitro groups is 1. The average Bonchev–Trinajstić information content (AvgIpc) is 2.96. The van der Waals surface area contributed by atoms with Crippen molar-refractivity contribution in [3.05, 3.63) is 28.1 Å². The van der Waals surface area contributed by atoms with Gasteiger partial charge >= 0.3 is 0 Å². The van der Waals surface area contributed by atoms with Crippen molar-refractivity contribution in [1.82, 2.24) is 15.2 Å². The van der Waals surface area contributed by atoms with Crippen LogP contribution >= 0.6 is 0 Å². The number of H-pyrrole nitrogens is 1. The van der Waals surface area contributed by atoms with Crippen molar-refractivity contribution in [3.8, 4) is 0 Å². The first-order valence-corrected chi connectivity index (χ1v) is 6.80. The molecule has 1 saturated carbocycles. The van der Waals surface area contributed by atoms with E-state index in [1.54, 1.807) is 11.9 Å². The first-order valence-electron chi connectivity index (χ1n) is 6.80. The Morgan fingerprint density at radius 3 is 2.60 bits per heavy atom. The second-order valence-corrected chi connectivity index (χ2v) is 5.24. The van der Waals surface area contributed by atoms with Gasteiger partial charge in [-0.2, -0.15) is 0 Å². The number of aromatic amines is 1. The topological polar surface area (TPSA) is 91.3 Å². The largest absolute Gasteiger partial charge is 0.351 e. The Morgan fingerprint density at radius 2 is 2.10 bits per heavy atom. The summed E-state index contributed by atoms with van der Waals surface area (Å²) in [6.45, 7) is 0. The Bertz CT molecular complexity index is 492. The van der Waals surface area contributed by atoms with Gasteiger partial charge in [0.2, 0.25) is 0 Å². The average molecular weight is 280 g/mol. The van der Waals surface area contributed by atoms with Gasteiger partial charge in [-0.05, 0) is 32.7 Å². The molecule has 0 radical (unpaired) electrons. The number of nitrogens with zero attached hydrogens (tertiary/aromatic N) is 2. The van der Waals surface area contributed by atoms with Gasteiger partial charge in [-0.25, -0.2) is 0 Å². The summed E-state index contributed by atoms with van der Waals surface area (Å²) in [5.41, 5.74) is 0.190. The summed E-state index contributed by atoms with van der Waals surface area (Å²) < 4.78 is 0. The lowest BCUT2D eigenvalue weighted by molar-refractivity contribution is -0.384. The normalized spacial score (nSPS) is 22.5. The molecule has 0 aromatic carbocycles. The molecule has 110 valence electrons. The van der Waals surface area contributed by atoms with E-state index in [9.17, 15) is 14.9 Å². The van der Waals surface area contributed by atoms with Crippen LogP contribution in [0.25, 0.3) is 0 Å². The minimum atomic E-state index is -0.509. The lowest BCUT2D eigenvalue weighted by atomic mass is 9.90. The minimum Gasteiger partial charge on any atom is -0.351 e. The van der Waals surface area contributed by atoms with Crippen molar-refractivity contribution in [1.29, 1.82) is 0 Å². The van der Waals surface area contributed by atoms with E-state index < -0.39 is 4.92 Å². The summed E-state index contributed by atoms with van der Waals surface area (Å²) in [5, 5.41) is 13.9. The fraction of sp³-hybridized carbons (Fsp3) is 0.615. The quantitative estimate of drug-likeness (QED) is 0.646. The van der Waals surface area contributed by atoms with Crippen molar-refractivity contribution in [2.45, 2.75) is 37.8 Å². The standard InChI is InChI=1S/C13H20N4O3/c1-14-9-3-5-10(6-4-9)16(2)13(18)12-7-11(8-15-12)17(19)20/h7-10,14-15H,3-6H2,1-2H3. The van der Waals surface area contributed by atoms with Gasteiger partial charge in [0, 0.05) is 25.2 Å². The molecular weight excluding hydrogens is 260 g/mol. The monoisotopic (exact) mass is 280 g/mol. The van der Waals surface area contributed by atoms with Crippen molar-refractivity contribution in [2.75, 3.05) is 14.1 Å². The third kappa shape index (κ3) is 2.98. The molecule has 2 N–H and O–H groups in total. The Labute approximate surface area is 117 Å². The van der Waals surface area contributed by atoms with Gasteiger partial charge in [-0.1, -0.05) is 0 Å². The molecule has 0 spiro atoms. The SMILES string of the molecule is CNC1CCC(N(C)C(=O)c2cc([N+](=O)[O-])c[nH]2)CC1. The maximum absolute atomic E-state index is 12.3. The Hall–Kier alpha value is -1.89. The molecule has 1 aliphatic rings. The van der Waals surface area contributed by atoms with E-state index in [4.69, 9.17) is 0 Å². The molecule has 1 heterocycles. The van der Waals surface area contributed by atoms with Crippen molar-refractivity contribution < 1.29 is 9.72 Å². The van der Waals surface area contributed by atoms with Crippen LogP contribution in [0.5, 0.6) is 0 Å². The molecule has 1 aliphatic carbocycles. The fourth-order valence-electron chi connectivity index (χ4n) is 2.72. The minimum absolute atomic E-state index is 0.0827. The number of carbonyl (C=O) groups is 1. The van der Waals surface area contributed by atoms with Crippen LogP contribution < -0.4 is 5.32 Å². The third-order valence-electron chi connectivity index (χ3n) is 4.08. The van der Waals surface area contributed by atoms with Gasteiger partial charge in [0.1, 0.15) is 5.69 Å². The molecule has 1 fully saturated rings. The van der Waals surface area contributed by atoms with Crippen LogP contribution in [-0.4, -0.2) is 46.9 Å². The smallest absolute Gasteiger partial charge is 0.287 e. The van der Waals surface area contributed by atoms with E-state index in [1.165, 1.54) is 12.3 Å². The van der Waals surface area contributed by atoms with Crippen LogP contribution in [0, 0.1) is 10.1 Å². The Kier molecular flexibility index (Phi) is 4.39. The Morgan fingerprint density at radius 1 is 1.45 bits per heavy atom. The lowest BCUT2D eigenvalue weighted by Crippen LogP contribution is -2.42. The van der Waals surface area contributed by atoms with E-state index in [-0.39, 0.29) is 23.3 Å². The number of hydrogen-bond donors (Lipinski definition) is 2. The lowest BCUT2D eigenvalue weighted by Gasteiger charge is -2.34. The van der Waals surface area contributed by atoms with E-state index >= 15 is 0 Å². The van der Waals surface area contributed by atoms with Crippen LogP contribution in [0.2, 0.25) is 0 Å².